The van der Waals surface area contributed by atoms with Crippen molar-refractivity contribution in [3.8, 4) is 11.5 Å². The molecule has 0 N–H and O–H groups in total. The number of hydrogen-bond donors (Lipinski definition) is 0. The number of carbonyl (C=O) groups excluding carboxylic acids is 1. The van der Waals surface area contributed by atoms with E-state index in [0.717, 1.165) is 26.1 Å². The van der Waals surface area contributed by atoms with E-state index in [1.807, 2.05) is 43.3 Å². The first kappa shape index (κ1) is 19.1. The predicted octanol–water partition coefficient (Wildman–Crippen LogP) is 5.35. The van der Waals surface area contributed by atoms with E-state index in [0.29, 0.717) is 24.7 Å². The van der Waals surface area contributed by atoms with Gasteiger partial charge < -0.3 is 14.2 Å². The Kier molecular flexibility index (Phi) is 6.27. The first-order valence-electron chi connectivity index (χ1n) is 8.69. The third kappa shape index (κ3) is 4.56. The van der Waals surface area contributed by atoms with E-state index in [9.17, 15) is 4.79 Å². The van der Waals surface area contributed by atoms with Crippen molar-refractivity contribution in [2.24, 2.45) is 0 Å². The summed E-state index contributed by atoms with van der Waals surface area (Å²) < 4.78 is 17.1. The van der Waals surface area contributed by atoms with Gasteiger partial charge in [-0.15, -0.1) is 11.3 Å². The molecule has 0 unspecified atom stereocenters. The average molecular weight is 382 g/mol. The van der Waals surface area contributed by atoms with Crippen LogP contribution < -0.4 is 9.47 Å². The molecule has 0 atom stereocenters. The molecule has 4 nitrogen and oxygen atoms in total. The SMILES string of the molecule is CCOCc1ccc2sc(C(=O)C=Cc3ccc(OC)c(OC)c3)cc2c1. The Hall–Kier alpha value is -2.63. The van der Waals surface area contributed by atoms with Gasteiger partial charge >= 0.3 is 0 Å². The van der Waals surface area contributed by atoms with E-state index < -0.39 is 0 Å². The van der Waals surface area contributed by atoms with Gasteiger partial charge in [-0.25, -0.2) is 0 Å². The molecule has 2 aromatic carbocycles. The summed E-state index contributed by atoms with van der Waals surface area (Å²) in [6.07, 6.45) is 3.38. The Morgan fingerprint density at radius 3 is 2.59 bits per heavy atom. The van der Waals surface area contributed by atoms with Gasteiger partial charge in [0.25, 0.3) is 0 Å². The molecule has 3 rings (SSSR count). The maximum atomic E-state index is 12.6. The maximum Gasteiger partial charge on any atom is 0.195 e. The molecule has 1 heterocycles. The van der Waals surface area contributed by atoms with E-state index in [1.54, 1.807) is 26.4 Å². The van der Waals surface area contributed by atoms with Crippen LogP contribution in [0, 0.1) is 0 Å². The number of carbonyl (C=O) groups is 1. The molecule has 0 spiro atoms. The van der Waals surface area contributed by atoms with E-state index in [1.165, 1.54) is 11.3 Å². The summed E-state index contributed by atoms with van der Waals surface area (Å²) in [5.41, 5.74) is 1.99. The number of benzene rings is 2. The molecular weight excluding hydrogens is 360 g/mol. The Morgan fingerprint density at radius 1 is 1.04 bits per heavy atom. The van der Waals surface area contributed by atoms with Crippen LogP contribution in [0.2, 0.25) is 0 Å². The lowest BCUT2D eigenvalue weighted by Gasteiger charge is -2.07. The second-order valence-corrected chi connectivity index (χ2v) is 7.02. The quantitative estimate of drug-likeness (QED) is 0.389. The fourth-order valence-electron chi connectivity index (χ4n) is 2.73. The van der Waals surface area contributed by atoms with Gasteiger partial charge in [0.1, 0.15) is 0 Å². The van der Waals surface area contributed by atoms with Crippen LogP contribution in [0.1, 0.15) is 27.7 Å². The lowest BCUT2D eigenvalue weighted by Crippen LogP contribution is -1.91. The molecule has 27 heavy (non-hydrogen) atoms. The van der Waals surface area contributed by atoms with Gasteiger partial charge in [0.2, 0.25) is 0 Å². The van der Waals surface area contributed by atoms with Crippen LogP contribution in [0.25, 0.3) is 16.2 Å². The topological polar surface area (TPSA) is 44.8 Å². The van der Waals surface area contributed by atoms with E-state index in [-0.39, 0.29) is 5.78 Å². The van der Waals surface area contributed by atoms with Gasteiger partial charge in [-0.05, 0) is 59.8 Å². The van der Waals surface area contributed by atoms with Crippen LogP contribution in [0.15, 0.2) is 48.5 Å². The minimum atomic E-state index is -0.0163. The van der Waals surface area contributed by atoms with Gasteiger partial charge in [0, 0.05) is 11.3 Å². The number of rotatable bonds is 8. The average Bonchev–Trinajstić information content (AvgIpc) is 3.13. The summed E-state index contributed by atoms with van der Waals surface area (Å²) in [6.45, 7) is 3.25. The van der Waals surface area contributed by atoms with Crippen molar-refractivity contribution >= 4 is 33.3 Å². The smallest absolute Gasteiger partial charge is 0.195 e. The van der Waals surface area contributed by atoms with Crippen molar-refractivity contribution in [3.05, 3.63) is 64.5 Å². The normalized spacial score (nSPS) is 11.2. The first-order valence-corrected chi connectivity index (χ1v) is 9.51. The van der Waals surface area contributed by atoms with E-state index in [2.05, 4.69) is 6.07 Å². The fourth-order valence-corrected chi connectivity index (χ4v) is 3.70. The molecule has 0 bridgehead atoms. The van der Waals surface area contributed by atoms with Crippen LogP contribution in [0.4, 0.5) is 0 Å². The first-order chi connectivity index (χ1) is 13.1. The van der Waals surface area contributed by atoms with Gasteiger partial charge in [-0.1, -0.05) is 18.2 Å². The minimum Gasteiger partial charge on any atom is -0.493 e. The summed E-state index contributed by atoms with van der Waals surface area (Å²) in [5.74, 6) is 1.28. The zero-order chi connectivity index (χ0) is 19.2. The Morgan fingerprint density at radius 2 is 1.85 bits per heavy atom. The highest BCUT2D eigenvalue weighted by molar-refractivity contribution is 7.21. The summed E-state index contributed by atoms with van der Waals surface area (Å²) in [6, 6.07) is 13.7. The third-order valence-electron chi connectivity index (χ3n) is 4.13. The number of thiophene rings is 1. The van der Waals surface area contributed by atoms with Crippen molar-refractivity contribution in [2.75, 3.05) is 20.8 Å². The molecule has 0 fully saturated rings. The van der Waals surface area contributed by atoms with Gasteiger partial charge in [0.15, 0.2) is 17.3 Å². The number of allylic oxidation sites excluding steroid dienone is 1. The van der Waals surface area contributed by atoms with Crippen molar-refractivity contribution in [1.82, 2.24) is 0 Å². The summed E-state index contributed by atoms with van der Waals surface area (Å²) in [5, 5.41) is 1.07. The summed E-state index contributed by atoms with van der Waals surface area (Å²) >= 11 is 1.50. The number of hydrogen-bond acceptors (Lipinski definition) is 5. The van der Waals surface area contributed by atoms with Gasteiger partial charge in [0.05, 0.1) is 25.7 Å². The molecule has 5 heteroatoms. The molecule has 0 aliphatic heterocycles. The molecule has 1 aromatic heterocycles. The lowest BCUT2D eigenvalue weighted by molar-refractivity contribution is 0.105. The van der Waals surface area contributed by atoms with E-state index in [4.69, 9.17) is 14.2 Å². The van der Waals surface area contributed by atoms with Crippen molar-refractivity contribution in [3.63, 3.8) is 0 Å². The van der Waals surface area contributed by atoms with Crippen molar-refractivity contribution in [1.29, 1.82) is 0 Å². The fraction of sp³-hybridized carbons (Fsp3) is 0.227. The summed E-state index contributed by atoms with van der Waals surface area (Å²) in [4.78, 5) is 13.3. The molecule has 0 aliphatic carbocycles. The van der Waals surface area contributed by atoms with Crippen LogP contribution in [-0.4, -0.2) is 26.6 Å². The van der Waals surface area contributed by atoms with Crippen molar-refractivity contribution in [2.45, 2.75) is 13.5 Å². The Bertz CT molecular complexity index is 972. The van der Waals surface area contributed by atoms with Crippen LogP contribution in [-0.2, 0) is 11.3 Å². The Balaban J connectivity index is 1.78. The highest BCUT2D eigenvalue weighted by atomic mass is 32.1. The monoisotopic (exact) mass is 382 g/mol. The van der Waals surface area contributed by atoms with Crippen molar-refractivity contribution < 1.29 is 19.0 Å². The molecule has 0 aliphatic rings. The number of methoxy groups -OCH3 is 2. The third-order valence-corrected chi connectivity index (χ3v) is 5.26. The molecule has 0 radical (unpaired) electrons. The predicted molar refractivity (Wildman–Crippen MR) is 110 cm³/mol. The standard InChI is InChI=1S/C22H22O4S/c1-4-26-14-16-7-10-21-17(11-16)13-22(27-21)18(23)8-5-15-6-9-19(24-2)20(12-15)25-3/h5-13H,4,14H2,1-3H3. The molecule has 140 valence electrons. The van der Waals surface area contributed by atoms with Gasteiger partial charge in [-0.3, -0.25) is 4.79 Å². The molecule has 0 saturated carbocycles. The molecule has 0 saturated heterocycles. The van der Waals surface area contributed by atoms with Gasteiger partial charge in [-0.2, -0.15) is 0 Å². The molecule has 0 amide bonds. The van der Waals surface area contributed by atoms with Crippen LogP contribution in [0.5, 0.6) is 11.5 Å². The minimum absolute atomic E-state index is 0.0163. The highest BCUT2D eigenvalue weighted by Crippen LogP contribution is 2.29. The lowest BCUT2D eigenvalue weighted by atomic mass is 10.1. The van der Waals surface area contributed by atoms with E-state index >= 15 is 0 Å². The number of ether oxygens (including phenoxy) is 3. The zero-order valence-electron chi connectivity index (χ0n) is 15.7. The Labute approximate surface area is 163 Å². The summed E-state index contributed by atoms with van der Waals surface area (Å²) in [7, 11) is 3.19. The van der Waals surface area contributed by atoms with Crippen LogP contribution >= 0.6 is 11.3 Å². The second-order valence-electron chi connectivity index (χ2n) is 5.93. The zero-order valence-corrected chi connectivity index (χ0v) is 16.5. The molecular formula is C22H22O4S. The number of ketones is 1. The largest absolute Gasteiger partial charge is 0.493 e. The number of fused-ring (bicyclic) bond motifs is 1. The molecule has 3 aromatic rings. The second kappa shape index (κ2) is 8.84. The van der Waals surface area contributed by atoms with Crippen LogP contribution in [0.3, 0.4) is 0 Å². The highest BCUT2D eigenvalue weighted by Gasteiger charge is 2.09. The maximum absolute atomic E-state index is 12.6.